The Hall–Kier alpha value is -2.38. The molecule has 0 saturated carbocycles. The molecule has 0 unspecified atom stereocenters. The van der Waals surface area contributed by atoms with Gasteiger partial charge in [0.25, 0.3) is 0 Å². The van der Waals surface area contributed by atoms with Crippen LogP contribution in [0.1, 0.15) is 39.7 Å². The van der Waals surface area contributed by atoms with E-state index in [9.17, 15) is 13.2 Å². The third-order valence-corrected chi connectivity index (χ3v) is 5.55. The smallest absolute Gasteiger partial charge is 0.241 e. The third-order valence-electron chi connectivity index (χ3n) is 3.78. The number of ether oxygens (including phenoxy) is 1. The van der Waals surface area contributed by atoms with Crippen LogP contribution in [0.3, 0.4) is 0 Å². The minimum atomic E-state index is -3.56. The second-order valence-corrected chi connectivity index (χ2v) is 9.16. The first-order valence-corrected chi connectivity index (χ1v) is 10.7. The molecule has 28 heavy (non-hydrogen) atoms. The van der Waals surface area contributed by atoms with Crippen molar-refractivity contribution >= 4 is 21.6 Å². The van der Waals surface area contributed by atoms with Gasteiger partial charge in [-0.1, -0.05) is 24.3 Å². The molecule has 2 aromatic rings. The van der Waals surface area contributed by atoms with Gasteiger partial charge in [0.15, 0.2) is 0 Å². The van der Waals surface area contributed by atoms with Gasteiger partial charge in [0.05, 0.1) is 17.2 Å². The number of anilines is 1. The van der Waals surface area contributed by atoms with Crippen LogP contribution in [0, 0.1) is 0 Å². The SMILES string of the molecule is CCOc1ccccc1NC(=O)CCc1ccc(S(=O)(=O)NC(C)(C)C)cc1. The Morgan fingerprint density at radius 3 is 2.29 bits per heavy atom. The van der Waals surface area contributed by atoms with Crippen molar-refractivity contribution in [2.75, 3.05) is 11.9 Å². The topological polar surface area (TPSA) is 84.5 Å². The van der Waals surface area contributed by atoms with Crippen molar-refractivity contribution in [2.45, 2.75) is 51.0 Å². The van der Waals surface area contributed by atoms with Gasteiger partial charge in [-0.05, 0) is 63.9 Å². The van der Waals surface area contributed by atoms with Gasteiger partial charge >= 0.3 is 0 Å². The fourth-order valence-electron chi connectivity index (χ4n) is 2.62. The largest absolute Gasteiger partial charge is 0.492 e. The molecular weight excluding hydrogens is 376 g/mol. The zero-order valence-corrected chi connectivity index (χ0v) is 17.6. The fraction of sp³-hybridized carbons (Fsp3) is 0.381. The molecule has 7 heteroatoms. The molecule has 0 bridgehead atoms. The molecule has 152 valence electrons. The number of para-hydroxylation sites is 2. The number of sulfonamides is 1. The van der Waals surface area contributed by atoms with Crippen molar-refractivity contribution in [1.29, 1.82) is 0 Å². The maximum absolute atomic E-state index is 12.3. The first-order valence-electron chi connectivity index (χ1n) is 9.25. The Bertz CT molecular complexity index is 901. The number of hydrogen-bond acceptors (Lipinski definition) is 4. The Kier molecular flexibility index (Phi) is 7.21. The number of benzene rings is 2. The van der Waals surface area contributed by atoms with Gasteiger partial charge in [0.1, 0.15) is 5.75 Å². The van der Waals surface area contributed by atoms with Crippen molar-refractivity contribution in [1.82, 2.24) is 4.72 Å². The van der Waals surface area contributed by atoms with E-state index >= 15 is 0 Å². The number of amides is 1. The molecule has 0 spiro atoms. The molecule has 0 heterocycles. The van der Waals surface area contributed by atoms with Crippen molar-refractivity contribution in [3.8, 4) is 5.75 Å². The summed E-state index contributed by atoms with van der Waals surface area (Å²) in [6.07, 6.45) is 0.794. The highest BCUT2D eigenvalue weighted by Crippen LogP contribution is 2.24. The molecule has 0 fully saturated rings. The highest BCUT2D eigenvalue weighted by molar-refractivity contribution is 7.89. The lowest BCUT2D eigenvalue weighted by molar-refractivity contribution is -0.116. The highest BCUT2D eigenvalue weighted by Gasteiger charge is 2.21. The molecule has 6 nitrogen and oxygen atoms in total. The van der Waals surface area contributed by atoms with Gasteiger partial charge in [-0.2, -0.15) is 0 Å². The molecule has 0 aromatic heterocycles. The zero-order valence-electron chi connectivity index (χ0n) is 16.8. The van der Waals surface area contributed by atoms with Crippen molar-refractivity contribution < 1.29 is 17.9 Å². The Morgan fingerprint density at radius 1 is 1.04 bits per heavy atom. The van der Waals surface area contributed by atoms with E-state index in [-0.39, 0.29) is 17.2 Å². The average Bonchev–Trinajstić information content (AvgIpc) is 2.60. The van der Waals surface area contributed by atoms with Crippen LogP contribution in [0.5, 0.6) is 5.75 Å². The lowest BCUT2D eigenvalue weighted by Crippen LogP contribution is -2.40. The van der Waals surface area contributed by atoms with Crippen LogP contribution in [-0.2, 0) is 21.2 Å². The highest BCUT2D eigenvalue weighted by atomic mass is 32.2. The van der Waals surface area contributed by atoms with Gasteiger partial charge < -0.3 is 10.1 Å². The van der Waals surface area contributed by atoms with E-state index < -0.39 is 15.6 Å². The number of aryl methyl sites for hydroxylation is 1. The summed E-state index contributed by atoms with van der Waals surface area (Å²) in [6, 6.07) is 13.9. The van der Waals surface area contributed by atoms with Crippen molar-refractivity contribution in [3.05, 3.63) is 54.1 Å². The Labute approximate surface area is 167 Å². The molecule has 0 saturated heterocycles. The lowest BCUT2D eigenvalue weighted by Gasteiger charge is -2.20. The summed E-state index contributed by atoms with van der Waals surface area (Å²) in [5.74, 6) is 0.512. The predicted octanol–water partition coefficient (Wildman–Crippen LogP) is 3.73. The van der Waals surface area contributed by atoms with Crippen LogP contribution in [0.2, 0.25) is 0 Å². The minimum absolute atomic E-state index is 0.127. The second-order valence-electron chi connectivity index (χ2n) is 7.48. The van der Waals surface area contributed by atoms with Crippen molar-refractivity contribution in [2.24, 2.45) is 0 Å². The summed E-state index contributed by atoms with van der Waals surface area (Å²) < 4.78 is 32.8. The summed E-state index contributed by atoms with van der Waals surface area (Å²) in [5, 5.41) is 2.86. The number of rotatable bonds is 8. The monoisotopic (exact) mass is 404 g/mol. The van der Waals surface area contributed by atoms with E-state index in [0.29, 0.717) is 24.5 Å². The lowest BCUT2D eigenvalue weighted by atomic mass is 10.1. The minimum Gasteiger partial charge on any atom is -0.492 e. The first-order chi connectivity index (χ1) is 13.1. The maximum Gasteiger partial charge on any atom is 0.241 e. The Morgan fingerprint density at radius 2 is 1.68 bits per heavy atom. The third kappa shape index (κ3) is 6.65. The second kappa shape index (κ2) is 9.21. The summed E-state index contributed by atoms with van der Waals surface area (Å²) in [6.45, 7) is 7.79. The number of nitrogens with one attached hydrogen (secondary N) is 2. The summed E-state index contributed by atoms with van der Waals surface area (Å²) >= 11 is 0. The predicted molar refractivity (Wildman–Crippen MR) is 111 cm³/mol. The zero-order chi connectivity index (χ0) is 20.8. The molecule has 0 aliphatic rings. The quantitative estimate of drug-likeness (QED) is 0.702. The maximum atomic E-state index is 12.3. The molecule has 0 atom stereocenters. The van der Waals surface area contributed by atoms with Crippen LogP contribution < -0.4 is 14.8 Å². The molecule has 1 amide bonds. The van der Waals surface area contributed by atoms with E-state index in [1.165, 1.54) is 0 Å². The van der Waals surface area contributed by atoms with Crippen LogP contribution in [-0.4, -0.2) is 26.5 Å². The van der Waals surface area contributed by atoms with E-state index in [0.717, 1.165) is 5.56 Å². The first kappa shape index (κ1) is 21.9. The number of carbonyl (C=O) groups is 1. The van der Waals surface area contributed by atoms with Gasteiger partial charge in [0, 0.05) is 12.0 Å². The Balaban J connectivity index is 1.96. The average molecular weight is 405 g/mol. The van der Waals surface area contributed by atoms with Gasteiger partial charge in [-0.3, -0.25) is 4.79 Å². The normalized spacial score (nSPS) is 11.9. The van der Waals surface area contributed by atoms with Crippen LogP contribution in [0.15, 0.2) is 53.4 Å². The number of hydrogen-bond donors (Lipinski definition) is 2. The summed E-state index contributed by atoms with van der Waals surface area (Å²) in [7, 11) is -3.56. The van der Waals surface area contributed by atoms with Crippen LogP contribution in [0.25, 0.3) is 0 Å². The molecular formula is C21H28N2O4S. The fourth-order valence-corrected chi connectivity index (χ4v) is 4.04. The number of carbonyl (C=O) groups excluding carboxylic acids is 1. The molecule has 0 aliphatic carbocycles. The van der Waals surface area contributed by atoms with E-state index in [4.69, 9.17) is 4.74 Å². The van der Waals surface area contributed by atoms with Crippen LogP contribution >= 0.6 is 0 Å². The summed E-state index contributed by atoms with van der Waals surface area (Å²) in [5.41, 5.74) is 0.986. The van der Waals surface area contributed by atoms with Gasteiger partial charge in [-0.25, -0.2) is 13.1 Å². The molecule has 2 N–H and O–H groups in total. The van der Waals surface area contributed by atoms with Crippen molar-refractivity contribution in [3.63, 3.8) is 0 Å². The van der Waals surface area contributed by atoms with E-state index in [1.807, 2.05) is 25.1 Å². The molecule has 2 aromatic carbocycles. The van der Waals surface area contributed by atoms with Crippen LogP contribution in [0.4, 0.5) is 5.69 Å². The molecule has 2 rings (SSSR count). The van der Waals surface area contributed by atoms with Gasteiger partial charge in [-0.15, -0.1) is 0 Å². The molecule has 0 aliphatic heterocycles. The standard InChI is InChI=1S/C21H28N2O4S/c1-5-27-19-9-7-6-8-18(19)22-20(24)15-12-16-10-13-17(14-11-16)28(25,26)23-21(2,3)4/h6-11,13-14,23H,5,12,15H2,1-4H3,(H,22,24). The van der Waals surface area contributed by atoms with E-state index in [1.54, 1.807) is 51.1 Å². The van der Waals surface area contributed by atoms with Gasteiger partial charge in [0.2, 0.25) is 15.9 Å². The summed E-state index contributed by atoms with van der Waals surface area (Å²) in [4.78, 5) is 12.5. The molecule has 0 radical (unpaired) electrons. The van der Waals surface area contributed by atoms with E-state index in [2.05, 4.69) is 10.0 Å².